The van der Waals surface area contributed by atoms with Crippen LogP contribution in [-0.2, 0) is 6.54 Å². The first-order chi connectivity index (χ1) is 9.74. The van der Waals surface area contributed by atoms with Crippen LogP contribution < -0.4 is 5.32 Å². The predicted octanol–water partition coefficient (Wildman–Crippen LogP) is 5.37. The van der Waals surface area contributed by atoms with Gasteiger partial charge in [0.2, 0.25) is 0 Å². The Hall–Kier alpha value is -1.39. The number of nitrogens with one attached hydrogen (secondary N) is 1. The largest absolute Gasteiger partial charge is 0.381 e. The normalized spacial score (nSPS) is 10.7. The van der Waals surface area contributed by atoms with Gasteiger partial charge in [0.1, 0.15) is 0 Å². The molecule has 0 unspecified atom stereocenters. The number of benzene rings is 2. The molecule has 3 rings (SSSR count). The van der Waals surface area contributed by atoms with Crippen LogP contribution >= 0.6 is 31.9 Å². The molecule has 0 saturated carbocycles. The molecular formula is C16H12Br2N2. The van der Waals surface area contributed by atoms with E-state index in [-0.39, 0.29) is 0 Å². The van der Waals surface area contributed by atoms with Crippen molar-refractivity contribution in [1.82, 2.24) is 4.98 Å². The number of fused-ring (bicyclic) bond motifs is 1. The zero-order valence-corrected chi connectivity index (χ0v) is 13.8. The highest BCUT2D eigenvalue weighted by molar-refractivity contribution is 9.11. The zero-order chi connectivity index (χ0) is 13.9. The lowest BCUT2D eigenvalue weighted by atomic mass is 10.1. The Morgan fingerprint density at radius 1 is 0.950 bits per heavy atom. The second-order valence-electron chi connectivity index (χ2n) is 4.47. The van der Waals surface area contributed by atoms with E-state index in [1.165, 1.54) is 5.56 Å². The molecule has 0 bridgehead atoms. The SMILES string of the molecule is Brc1ccc(NCc2ccc(Br)c3cccnc23)cc1. The van der Waals surface area contributed by atoms with Crippen LogP contribution in [0.2, 0.25) is 0 Å². The zero-order valence-electron chi connectivity index (χ0n) is 10.6. The van der Waals surface area contributed by atoms with Gasteiger partial charge in [-0.25, -0.2) is 0 Å². The fourth-order valence-electron chi connectivity index (χ4n) is 2.10. The number of pyridine rings is 1. The highest BCUT2D eigenvalue weighted by Gasteiger charge is 2.05. The Bertz CT molecular complexity index is 739. The molecule has 0 amide bonds. The van der Waals surface area contributed by atoms with Gasteiger partial charge in [-0.2, -0.15) is 0 Å². The first kappa shape index (κ1) is 13.6. The maximum Gasteiger partial charge on any atom is 0.0763 e. The van der Waals surface area contributed by atoms with Gasteiger partial charge in [0.15, 0.2) is 0 Å². The molecule has 0 radical (unpaired) electrons. The van der Waals surface area contributed by atoms with Gasteiger partial charge in [0.05, 0.1) is 5.52 Å². The Labute approximate surface area is 134 Å². The molecule has 4 heteroatoms. The highest BCUT2D eigenvalue weighted by Crippen LogP contribution is 2.25. The fraction of sp³-hybridized carbons (Fsp3) is 0.0625. The minimum Gasteiger partial charge on any atom is -0.381 e. The molecule has 3 aromatic rings. The standard InChI is InChI=1S/C16H12Br2N2/c17-12-4-6-13(7-5-12)20-10-11-3-8-15(18)14-2-1-9-19-16(11)14/h1-9,20H,10H2. The summed E-state index contributed by atoms with van der Waals surface area (Å²) in [6.45, 7) is 0.752. The van der Waals surface area contributed by atoms with E-state index in [0.29, 0.717) is 0 Å². The summed E-state index contributed by atoms with van der Waals surface area (Å²) in [6.07, 6.45) is 1.83. The first-order valence-electron chi connectivity index (χ1n) is 6.25. The summed E-state index contributed by atoms with van der Waals surface area (Å²) >= 11 is 7.01. The number of halogens is 2. The first-order valence-corrected chi connectivity index (χ1v) is 7.84. The van der Waals surface area contributed by atoms with Crippen LogP contribution in [0.4, 0.5) is 5.69 Å². The van der Waals surface area contributed by atoms with Gasteiger partial charge in [0, 0.05) is 32.8 Å². The number of hydrogen-bond acceptors (Lipinski definition) is 2. The van der Waals surface area contributed by atoms with Gasteiger partial charge < -0.3 is 5.32 Å². The second kappa shape index (κ2) is 5.94. The Morgan fingerprint density at radius 3 is 2.55 bits per heavy atom. The van der Waals surface area contributed by atoms with Gasteiger partial charge in [-0.05, 0) is 42.0 Å². The van der Waals surface area contributed by atoms with E-state index >= 15 is 0 Å². The quantitative estimate of drug-likeness (QED) is 0.648. The summed E-state index contributed by atoms with van der Waals surface area (Å²) in [5.41, 5.74) is 3.32. The number of anilines is 1. The van der Waals surface area contributed by atoms with E-state index in [1.54, 1.807) is 0 Å². The molecule has 2 aromatic carbocycles. The van der Waals surface area contributed by atoms with Gasteiger partial charge in [-0.15, -0.1) is 0 Å². The van der Waals surface area contributed by atoms with Crippen LogP contribution in [0.25, 0.3) is 10.9 Å². The second-order valence-corrected chi connectivity index (χ2v) is 6.24. The van der Waals surface area contributed by atoms with Crippen LogP contribution in [0.3, 0.4) is 0 Å². The lowest BCUT2D eigenvalue weighted by molar-refractivity contribution is 1.15. The van der Waals surface area contributed by atoms with Crippen LogP contribution in [0.1, 0.15) is 5.56 Å². The van der Waals surface area contributed by atoms with Crippen molar-refractivity contribution in [1.29, 1.82) is 0 Å². The van der Waals surface area contributed by atoms with Crippen molar-refractivity contribution in [2.75, 3.05) is 5.32 Å². The molecule has 1 aromatic heterocycles. The van der Waals surface area contributed by atoms with Crippen molar-refractivity contribution in [2.24, 2.45) is 0 Å². The van der Waals surface area contributed by atoms with Crippen molar-refractivity contribution in [3.8, 4) is 0 Å². The summed E-state index contributed by atoms with van der Waals surface area (Å²) in [5.74, 6) is 0. The Kier molecular flexibility index (Phi) is 4.03. The number of rotatable bonds is 3. The van der Waals surface area contributed by atoms with Crippen molar-refractivity contribution in [2.45, 2.75) is 6.54 Å². The van der Waals surface area contributed by atoms with Crippen LogP contribution in [-0.4, -0.2) is 4.98 Å². The van der Waals surface area contributed by atoms with Crippen LogP contribution in [0, 0.1) is 0 Å². The van der Waals surface area contributed by atoms with Gasteiger partial charge in [-0.1, -0.05) is 44.0 Å². The minimum atomic E-state index is 0.752. The summed E-state index contributed by atoms with van der Waals surface area (Å²) in [6, 6.07) is 16.4. The third-order valence-electron chi connectivity index (χ3n) is 3.13. The van der Waals surface area contributed by atoms with E-state index in [0.717, 1.165) is 32.1 Å². The monoisotopic (exact) mass is 390 g/mol. The molecule has 100 valence electrons. The lowest BCUT2D eigenvalue weighted by Gasteiger charge is -2.10. The molecule has 0 spiro atoms. The summed E-state index contributed by atoms with van der Waals surface area (Å²) in [7, 11) is 0. The Balaban J connectivity index is 1.88. The molecule has 1 heterocycles. The number of aromatic nitrogens is 1. The van der Waals surface area contributed by atoms with E-state index < -0.39 is 0 Å². The number of nitrogens with zero attached hydrogens (tertiary/aromatic N) is 1. The van der Waals surface area contributed by atoms with Gasteiger partial charge in [0.25, 0.3) is 0 Å². The highest BCUT2D eigenvalue weighted by atomic mass is 79.9. The smallest absolute Gasteiger partial charge is 0.0763 e. The van der Waals surface area contributed by atoms with Crippen molar-refractivity contribution in [3.05, 3.63) is 69.2 Å². The van der Waals surface area contributed by atoms with E-state index in [4.69, 9.17) is 0 Å². The fourth-order valence-corrected chi connectivity index (χ4v) is 2.82. The molecule has 1 N–H and O–H groups in total. The molecule has 0 atom stereocenters. The topological polar surface area (TPSA) is 24.9 Å². The summed E-state index contributed by atoms with van der Waals surface area (Å²) in [4.78, 5) is 4.49. The van der Waals surface area contributed by atoms with E-state index in [2.05, 4.69) is 72.5 Å². The molecule has 0 aliphatic carbocycles. The predicted molar refractivity (Wildman–Crippen MR) is 90.9 cm³/mol. The van der Waals surface area contributed by atoms with Crippen LogP contribution in [0.15, 0.2) is 63.7 Å². The van der Waals surface area contributed by atoms with Crippen molar-refractivity contribution in [3.63, 3.8) is 0 Å². The third kappa shape index (κ3) is 2.86. The van der Waals surface area contributed by atoms with Gasteiger partial charge >= 0.3 is 0 Å². The lowest BCUT2D eigenvalue weighted by Crippen LogP contribution is -2.00. The average molecular weight is 392 g/mol. The molecule has 0 fully saturated rings. The summed E-state index contributed by atoms with van der Waals surface area (Å²) < 4.78 is 2.16. The van der Waals surface area contributed by atoms with E-state index in [9.17, 15) is 0 Å². The molecule has 20 heavy (non-hydrogen) atoms. The third-order valence-corrected chi connectivity index (χ3v) is 4.35. The molecular weight excluding hydrogens is 380 g/mol. The molecule has 0 aliphatic heterocycles. The molecule has 2 nitrogen and oxygen atoms in total. The number of hydrogen-bond donors (Lipinski definition) is 1. The van der Waals surface area contributed by atoms with Crippen molar-refractivity contribution >= 4 is 48.5 Å². The molecule has 0 aliphatic rings. The average Bonchev–Trinajstić information content (AvgIpc) is 2.49. The van der Waals surface area contributed by atoms with Gasteiger partial charge in [-0.3, -0.25) is 4.98 Å². The molecule has 0 saturated heterocycles. The minimum absolute atomic E-state index is 0.752. The maximum absolute atomic E-state index is 4.49. The summed E-state index contributed by atoms with van der Waals surface area (Å²) in [5, 5.41) is 4.56. The Morgan fingerprint density at radius 2 is 1.75 bits per heavy atom. The van der Waals surface area contributed by atoms with Crippen LogP contribution in [0.5, 0.6) is 0 Å². The maximum atomic E-state index is 4.49. The van der Waals surface area contributed by atoms with E-state index in [1.807, 2.05) is 24.4 Å². The van der Waals surface area contributed by atoms with Crippen molar-refractivity contribution < 1.29 is 0 Å².